The SMILES string of the molecule is CC1(C)CN2C(=O)CN(C(=O)Cc3ccccc3F)CC2c2ccccc21. The maximum absolute atomic E-state index is 13.9. The fourth-order valence-corrected chi connectivity index (χ4v) is 4.29. The lowest BCUT2D eigenvalue weighted by Crippen LogP contribution is -2.58. The van der Waals surface area contributed by atoms with Gasteiger partial charge in [-0.15, -0.1) is 0 Å². The Balaban J connectivity index is 1.61. The molecule has 5 heteroatoms. The molecule has 1 unspecified atom stereocenters. The molecule has 2 heterocycles. The van der Waals surface area contributed by atoms with Gasteiger partial charge in [0.25, 0.3) is 0 Å². The van der Waals surface area contributed by atoms with Crippen molar-refractivity contribution in [3.05, 3.63) is 71.0 Å². The molecular formula is C22H23FN2O2. The van der Waals surface area contributed by atoms with Crippen LogP contribution in [0.1, 0.15) is 36.6 Å². The topological polar surface area (TPSA) is 40.6 Å². The predicted molar refractivity (Wildman–Crippen MR) is 101 cm³/mol. The summed E-state index contributed by atoms with van der Waals surface area (Å²) in [6.07, 6.45) is -0.0280. The Kier molecular flexibility index (Phi) is 4.25. The van der Waals surface area contributed by atoms with E-state index in [-0.39, 0.29) is 42.1 Å². The third-order valence-electron chi connectivity index (χ3n) is 5.68. The molecule has 0 aliphatic carbocycles. The van der Waals surface area contributed by atoms with Gasteiger partial charge in [0.05, 0.1) is 19.0 Å². The molecule has 1 fully saturated rings. The maximum Gasteiger partial charge on any atom is 0.242 e. The van der Waals surface area contributed by atoms with Crippen molar-refractivity contribution in [2.45, 2.75) is 31.7 Å². The number of carbonyl (C=O) groups excluding carboxylic acids is 2. The minimum absolute atomic E-state index is 0.0280. The Labute approximate surface area is 158 Å². The van der Waals surface area contributed by atoms with Gasteiger partial charge in [-0.1, -0.05) is 56.3 Å². The molecule has 0 aromatic heterocycles. The molecule has 1 atom stereocenters. The van der Waals surface area contributed by atoms with Crippen molar-refractivity contribution in [1.29, 1.82) is 0 Å². The molecule has 2 aliphatic rings. The van der Waals surface area contributed by atoms with Gasteiger partial charge in [-0.2, -0.15) is 0 Å². The number of amides is 2. The smallest absolute Gasteiger partial charge is 0.242 e. The Bertz CT molecular complexity index is 909. The number of rotatable bonds is 2. The van der Waals surface area contributed by atoms with E-state index in [2.05, 4.69) is 19.9 Å². The van der Waals surface area contributed by atoms with Crippen LogP contribution in [-0.2, 0) is 21.4 Å². The van der Waals surface area contributed by atoms with Crippen molar-refractivity contribution in [1.82, 2.24) is 9.80 Å². The van der Waals surface area contributed by atoms with Crippen molar-refractivity contribution in [3.63, 3.8) is 0 Å². The first-order chi connectivity index (χ1) is 12.9. The average Bonchev–Trinajstić information content (AvgIpc) is 2.64. The Morgan fingerprint density at radius 2 is 1.85 bits per heavy atom. The lowest BCUT2D eigenvalue weighted by molar-refractivity contribution is -0.150. The van der Waals surface area contributed by atoms with Gasteiger partial charge in [-0.05, 0) is 22.8 Å². The summed E-state index contributed by atoms with van der Waals surface area (Å²) >= 11 is 0. The first kappa shape index (κ1) is 17.7. The summed E-state index contributed by atoms with van der Waals surface area (Å²) in [6, 6.07) is 14.3. The van der Waals surface area contributed by atoms with E-state index in [4.69, 9.17) is 0 Å². The van der Waals surface area contributed by atoms with Crippen LogP contribution in [0.3, 0.4) is 0 Å². The van der Waals surface area contributed by atoms with Crippen molar-refractivity contribution < 1.29 is 14.0 Å². The summed E-state index contributed by atoms with van der Waals surface area (Å²) in [5.74, 6) is -0.647. The van der Waals surface area contributed by atoms with Crippen molar-refractivity contribution >= 4 is 11.8 Å². The van der Waals surface area contributed by atoms with Crippen LogP contribution in [-0.4, -0.2) is 41.2 Å². The van der Waals surface area contributed by atoms with Crippen LogP contribution < -0.4 is 0 Å². The fourth-order valence-electron chi connectivity index (χ4n) is 4.29. The number of carbonyl (C=O) groups is 2. The van der Waals surface area contributed by atoms with E-state index in [0.29, 0.717) is 18.7 Å². The number of nitrogens with zero attached hydrogens (tertiary/aromatic N) is 2. The zero-order valence-electron chi connectivity index (χ0n) is 15.6. The molecule has 2 aromatic carbocycles. The summed E-state index contributed by atoms with van der Waals surface area (Å²) in [5, 5.41) is 0. The zero-order chi connectivity index (χ0) is 19.2. The summed E-state index contributed by atoms with van der Waals surface area (Å²) in [7, 11) is 0. The van der Waals surface area contributed by atoms with Crippen molar-refractivity contribution in [2.75, 3.05) is 19.6 Å². The average molecular weight is 366 g/mol. The molecular weight excluding hydrogens is 343 g/mol. The first-order valence-corrected chi connectivity index (χ1v) is 9.27. The zero-order valence-corrected chi connectivity index (χ0v) is 15.6. The van der Waals surface area contributed by atoms with E-state index in [1.54, 1.807) is 23.1 Å². The minimum atomic E-state index is -0.388. The van der Waals surface area contributed by atoms with Crippen LogP contribution in [0.25, 0.3) is 0 Å². The quantitative estimate of drug-likeness (QED) is 0.820. The maximum atomic E-state index is 13.9. The summed E-state index contributed by atoms with van der Waals surface area (Å²) in [6.45, 7) is 5.44. The van der Waals surface area contributed by atoms with Gasteiger partial charge in [0.2, 0.25) is 11.8 Å². The standard InChI is InChI=1S/C22H23FN2O2/c1-22(2)14-25-19(16-8-4-5-9-17(16)22)12-24(13-21(25)27)20(26)11-15-7-3-6-10-18(15)23/h3-10,19H,11-14H2,1-2H3. The van der Waals surface area contributed by atoms with Gasteiger partial charge < -0.3 is 9.80 Å². The highest BCUT2D eigenvalue weighted by atomic mass is 19.1. The van der Waals surface area contributed by atoms with E-state index in [0.717, 1.165) is 5.56 Å². The van der Waals surface area contributed by atoms with Crippen molar-refractivity contribution in [3.8, 4) is 0 Å². The highest BCUT2D eigenvalue weighted by Gasteiger charge is 2.44. The van der Waals surface area contributed by atoms with Crippen LogP contribution >= 0.6 is 0 Å². The molecule has 1 saturated heterocycles. The van der Waals surface area contributed by atoms with Crippen LogP contribution in [0.15, 0.2) is 48.5 Å². The molecule has 27 heavy (non-hydrogen) atoms. The molecule has 0 bridgehead atoms. The second-order valence-corrected chi connectivity index (χ2v) is 8.05. The molecule has 4 nitrogen and oxygen atoms in total. The second kappa shape index (κ2) is 6.48. The van der Waals surface area contributed by atoms with Crippen LogP contribution in [0, 0.1) is 5.82 Å². The largest absolute Gasteiger partial charge is 0.331 e. The molecule has 140 valence electrons. The summed E-state index contributed by atoms with van der Waals surface area (Å²) < 4.78 is 13.9. The van der Waals surface area contributed by atoms with E-state index in [1.807, 2.05) is 23.1 Å². The van der Waals surface area contributed by atoms with Crippen LogP contribution in [0.4, 0.5) is 4.39 Å². The first-order valence-electron chi connectivity index (χ1n) is 9.27. The molecule has 0 N–H and O–H groups in total. The number of benzene rings is 2. The fraction of sp³-hybridized carbons (Fsp3) is 0.364. The summed E-state index contributed by atoms with van der Waals surface area (Å²) in [4.78, 5) is 29.1. The minimum Gasteiger partial charge on any atom is -0.331 e. The second-order valence-electron chi connectivity index (χ2n) is 8.05. The van der Waals surface area contributed by atoms with E-state index < -0.39 is 0 Å². The van der Waals surface area contributed by atoms with Gasteiger partial charge in [0.1, 0.15) is 5.82 Å². The number of hydrogen-bond donors (Lipinski definition) is 0. The molecule has 0 radical (unpaired) electrons. The molecule has 2 aliphatic heterocycles. The number of halogens is 1. The van der Waals surface area contributed by atoms with E-state index >= 15 is 0 Å². The van der Waals surface area contributed by atoms with E-state index in [1.165, 1.54) is 11.6 Å². The van der Waals surface area contributed by atoms with Gasteiger partial charge in [-0.25, -0.2) is 4.39 Å². The normalized spacial score (nSPS) is 20.9. The number of hydrogen-bond acceptors (Lipinski definition) is 2. The third kappa shape index (κ3) is 3.11. The lowest BCUT2D eigenvalue weighted by Gasteiger charge is -2.49. The van der Waals surface area contributed by atoms with Gasteiger partial charge in [0, 0.05) is 18.5 Å². The highest BCUT2D eigenvalue weighted by Crippen LogP contribution is 2.41. The molecule has 4 rings (SSSR count). The molecule has 0 spiro atoms. The molecule has 2 amide bonds. The van der Waals surface area contributed by atoms with E-state index in [9.17, 15) is 14.0 Å². The number of piperazine rings is 1. The van der Waals surface area contributed by atoms with Gasteiger partial charge >= 0.3 is 0 Å². The molecule has 2 aromatic rings. The highest BCUT2D eigenvalue weighted by molar-refractivity contribution is 5.88. The van der Waals surface area contributed by atoms with Crippen LogP contribution in [0.5, 0.6) is 0 Å². The lowest BCUT2D eigenvalue weighted by atomic mass is 9.75. The summed E-state index contributed by atoms with van der Waals surface area (Å²) in [5.41, 5.74) is 2.57. The monoisotopic (exact) mass is 366 g/mol. The van der Waals surface area contributed by atoms with Crippen LogP contribution in [0.2, 0.25) is 0 Å². The third-order valence-corrected chi connectivity index (χ3v) is 5.68. The predicted octanol–water partition coefficient (Wildman–Crippen LogP) is 3.07. The Morgan fingerprint density at radius 3 is 2.63 bits per heavy atom. The van der Waals surface area contributed by atoms with Crippen molar-refractivity contribution in [2.24, 2.45) is 0 Å². The number of fused-ring (bicyclic) bond motifs is 3. The van der Waals surface area contributed by atoms with Gasteiger partial charge in [0.15, 0.2) is 0 Å². The Hall–Kier alpha value is -2.69. The van der Waals surface area contributed by atoms with Gasteiger partial charge in [-0.3, -0.25) is 9.59 Å². The molecule has 0 saturated carbocycles. The Morgan fingerprint density at radius 1 is 1.15 bits per heavy atom.